The largest absolute Gasteiger partial charge is 0.423 e. The lowest BCUT2D eigenvalue weighted by Crippen LogP contribution is -2.59. The van der Waals surface area contributed by atoms with E-state index in [0.717, 1.165) is 0 Å². The van der Waals surface area contributed by atoms with Crippen molar-refractivity contribution < 1.29 is 40.6 Å². The molecular formula is C12H18F6O3. The Hall–Kier alpha value is -0.540. The number of halogens is 6. The summed E-state index contributed by atoms with van der Waals surface area (Å²) in [5.41, 5.74) is -3.85. The molecule has 1 rings (SSSR count). The van der Waals surface area contributed by atoms with Crippen LogP contribution in [0, 0.1) is 5.92 Å². The third-order valence-corrected chi connectivity index (χ3v) is 3.65. The molecule has 0 aromatic rings. The van der Waals surface area contributed by atoms with E-state index < -0.39 is 43.0 Å². The van der Waals surface area contributed by atoms with Gasteiger partial charge in [-0.3, -0.25) is 0 Å². The van der Waals surface area contributed by atoms with Crippen LogP contribution in [0.3, 0.4) is 0 Å². The lowest BCUT2D eigenvalue weighted by atomic mass is 9.96. The normalized spacial score (nSPS) is 32.6. The van der Waals surface area contributed by atoms with Gasteiger partial charge in [-0.05, 0) is 12.3 Å². The maximum Gasteiger partial charge on any atom is 0.423 e. The Labute approximate surface area is 118 Å². The van der Waals surface area contributed by atoms with Crippen LogP contribution in [0.5, 0.6) is 0 Å². The molecule has 0 saturated heterocycles. The number of rotatable bonds is 7. The maximum atomic E-state index is 13.9. The van der Waals surface area contributed by atoms with E-state index >= 15 is 0 Å². The van der Waals surface area contributed by atoms with E-state index in [-0.39, 0.29) is 19.6 Å². The van der Waals surface area contributed by atoms with Gasteiger partial charge in [-0.2, -0.15) is 22.0 Å². The van der Waals surface area contributed by atoms with Gasteiger partial charge in [0.2, 0.25) is 5.60 Å². The Kier molecular flexibility index (Phi) is 5.91. The Balaban J connectivity index is 2.90. The first-order chi connectivity index (χ1) is 9.64. The van der Waals surface area contributed by atoms with Crippen molar-refractivity contribution in [2.75, 3.05) is 27.1 Å². The molecule has 0 aliphatic heterocycles. The molecule has 1 aliphatic rings. The molecule has 1 aliphatic carbocycles. The zero-order valence-corrected chi connectivity index (χ0v) is 11.7. The number of hydrogen-bond acceptors (Lipinski definition) is 3. The van der Waals surface area contributed by atoms with Crippen LogP contribution in [0.4, 0.5) is 26.3 Å². The third-order valence-electron chi connectivity index (χ3n) is 3.65. The molecule has 21 heavy (non-hydrogen) atoms. The van der Waals surface area contributed by atoms with Crippen LogP contribution in [0.2, 0.25) is 0 Å². The summed E-state index contributed by atoms with van der Waals surface area (Å²) in [6, 6.07) is 0. The number of methoxy groups -OCH3 is 1. The molecule has 1 saturated carbocycles. The Morgan fingerprint density at radius 2 is 1.81 bits per heavy atom. The highest BCUT2D eigenvalue weighted by Gasteiger charge is 2.79. The molecule has 0 bridgehead atoms. The van der Waals surface area contributed by atoms with Crippen molar-refractivity contribution in [3.63, 3.8) is 0 Å². The Morgan fingerprint density at radius 3 is 2.24 bits per heavy atom. The van der Waals surface area contributed by atoms with E-state index in [2.05, 4.69) is 14.2 Å². The minimum atomic E-state index is -5.41. The summed E-state index contributed by atoms with van der Waals surface area (Å²) in [6.45, 7) is 0.296. The van der Waals surface area contributed by atoms with Crippen molar-refractivity contribution in [2.45, 2.75) is 43.6 Å². The van der Waals surface area contributed by atoms with Gasteiger partial charge in [0.25, 0.3) is 0 Å². The Morgan fingerprint density at radius 1 is 1.19 bits per heavy atom. The van der Waals surface area contributed by atoms with E-state index in [0.29, 0.717) is 0 Å². The van der Waals surface area contributed by atoms with Crippen molar-refractivity contribution in [1.29, 1.82) is 0 Å². The fourth-order valence-electron chi connectivity index (χ4n) is 2.36. The van der Waals surface area contributed by atoms with Gasteiger partial charge in [-0.25, -0.2) is 4.39 Å². The van der Waals surface area contributed by atoms with Crippen molar-refractivity contribution >= 4 is 0 Å². The third kappa shape index (κ3) is 3.29. The molecule has 0 radical (unpaired) electrons. The fourth-order valence-corrected chi connectivity index (χ4v) is 2.36. The van der Waals surface area contributed by atoms with Gasteiger partial charge in [0.05, 0.1) is 13.2 Å². The predicted octanol–water partition coefficient (Wildman–Crippen LogP) is 3.33. The highest BCUT2D eigenvalue weighted by Crippen LogP contribution is 2.58. The first-order valence-electron chi connectivity index (χ1n) is 6.43. The molecule has 0 heterocycles. The molecular weight excluding hydrogens is 306 g/mol. The Bertz CT molecular complexity index is 335. The predicted molar refractivity (Wildman–Crippen MR) is 60.8 cm³/mol. The van der Waals surface area contributed by atoms with Crippen LogP contribution in [0.25, 0.3) is 0 Å². The van der Waals surface area contributed by atoms with E-state index in [1.165, 1.54) is 14.0 Å². The lowest BCUT2D eigenvalue weighted by Gasteiger charge is -2.36. The molecule has 126 valence electrons. The molecule has 1 fully saturated rings. The van der Waals surface area contributed by atoms with Crippen LogP contribution >= 0.6 is 0 Å². The number of hydrogen-bond donors (Lipinski definition) is 0. The van der Waals surface area contributed by atoms with Crippen molar-refractivity contribution in [3.8, 4) is 0 Å². The molecule has 9 heteroatoms. The summed E-state index contributed by atoms with van der Waals surface area (Å²) in [5.74, 6) is -6.07. The zero-order chi connectivity index (χ0) is 16.3. The zero-order valence-electron chi connectivity index (χ0n) is 11.7. The average molecular weight is 324 g/mol. The average Bonchev–Trinajstić information content (AvgIpc) is 2.58. The summed E-state index contributed by atoms with van der Waals surface area (Å²) in [6.07, 6.45) is -9.57. The van der Waals surface area contributed by atoms with Gasteiger partial charge >= 0.3 is 12.1 Å². The molecule has 0 aromatic heterocycles. The monoisotopic (exact) mass is 324 g/mol. The molecule has 3 nitrogen and oxygen atoms in total. The van der Waals surface area contributed by atoms with Crippen LogP contribution in [-0.2, 0) is 14.2 Å². The minimum Gasteiger partial charge on any atom is -0.382 e. The van der Waals surface area contributed by atoms with E-state index in [4.69, 9.17) is 0 Å². The van der Waals surface area contributed by atoms with Crippen molar-refractivity contribution in [3.05, 3.63) is 0 Å². The second-order valence-corrected chi connectivity index (χ2v) is 4.89. The van der Waals surface area contributed by atoms with E-state index in [1.807, 2.05) is 0 Å². The summed E-state index contributed by atoms with van der Waals surface area (Å²) >= 11 is 0. The van der Waals surface area contributed by atoms with Crippen LogP contribution in [0.1, 0.15) is 19.8 Å². The molecule has 0 N–H and O–H groups in total. The first-order valence-corrected chi connectivity index (χ1v) is 6.43. The number of ether oxygens (including phenoxy) is 3. The summed E-state index contributed by atoms with van der Waals surface area (Å²) in [4.78, 5) is 0. The van der Waals surface area contributed by atoms with Crippen molar-refractivity contribution in [2.24, 2.45) is 5.92 Å². The maximum absolute atomic E-state index is 13.9. The molecule has 0 spiro atoms. The summed E-state index contributed by atoms with van der Waals surface area (Å²) in [7, 11) is 1.34. The lowest BCUT2D eigenvalue weighted by molar-refractivity contribution is -0.357. The highest BCUT2D eigenvalue weighted by atomic mass is 19.4. The minimum absolute atomic E-state index is 0.0715. The second-order valence-electron chi connectivity index (χ2n) is 4.89. The van der Waals surface area contributed by atoms with Crippen LogP contribution in [0.15, 0.2) is 0 Å². The summed E-state index contributed by atoms with van der Waals surface area (Å²) < 4.78 is 94.3. The molecule has 0 amide bonds. The van der Waals surface area contributed by atoms with E-state index in [1.54, 1.807) is 0 Å². The van der Waals surface area contributed by atoms with Crippen LogP contribution in [-0.4, -0.2) is 51.0 Å². The second kappa shape index (κ2) is 6.70. The van der Waals surface area contributed by atoms with Gasteiger partial charge in [0.1, 0.15) is 6.79 Å². The summed E-state index contributed by atoms with van der Waals surface area (Å²) in [5, 5.41) is 0. The number of alkyl halides is 6. The van der Waals surface area contributed by atoms with Gasteiger partial charge in [-0.15, -0.1) is 0 Å². The van der Waals surface area contributed by atoms with Gasteiger partial charge < -0.3 is 14.2 Å². The van der Waals surface area contributed by atoms with Gasteiger partial charge in [-0.1, -0.05) is 13.3 Å². The molecule has 3 atom stereocenters. The van der Waals surface area contributed by atoms with Gasteiger partial charge in [0.15, 0.2) is 6.17 Å². The first kappa shape index (κ1) is 18.5. The molecule has 3 unspecified atom stereocenters. The fraction of sp³-hybridized carbons (Fsp3) is 1.00. The van der Waals surface area contributed by atoms with Crippen LogP contribution < -0.4 is 0 Å². The highest BCUT2D eigenvalue weighted by molar-refractivity contribution is 5.13. The van der Waals surface area contributed by atoms with Crippen molar-refractivity contribution in [1.82, 2.24) is 0 Å². The van der Waals surface area contributed by atoms with E-state index in [9.17, 15) is 26.3 Å². The van der Waals surface area contributed by atoms with Gasteiger partial charge in [0, 0.05) is 7.11 Å². The smallest absolute Gasteiger partial charge is 0.382 e. The molecule has 0 aromatic carbocycles. The topological polar surface area (TPSA) is 27.7 Å². The standard InChI is InChI=1S/C12H18F6O3/c1-3-8-6-10(12(16,17)18,11(14,15)9(8)13)21-7-20-5-4-19-2/h8-9H,3-7H2,1-2H3. The SMILES string of the molecule is CCC1CC(OCOCCOC)(C(F)(F)F)C(F)(F)C1F. The quantitative estimate of drug-likeness (QED) is 0.408.